The van der Waals surface area contributed by atoms with E-state index in [0.717, 1.165) is 17.3 Å². The predicted octanol–water partition coefficient (Wildman–Crippen LogP) is 2.98. The normalized spacial score (nSPS) is 20.8. The summed E-state index contributed by atoms with van der Waals surface area (Å²) in [7, 11) is 1.56. The van der Waals surface area contributed by atoms with Gasteiger partial charge in [0.05, 0.1) is 22.9 Å². The van der Waals surface area contributed by atoms with Crippen LogP contribution in [0.25, 0.3) is 0 Å². The zero-order valence-electron chi connectivity index (χ0n) is 11.7. The van der Waals surface area contributed by atoms with Crippen molar-refractivity contribution < 1.29 is 19.0 Å². The molecule has 0 radical (unpaired) electrons. The Morgan fingerprint density at radius 2 is 1.95 bits per heavy atom. The van der Waals surface area contributed by atoms with E-state index in [9.17, 15) is 14.3 Å². The number of anilines is 1. The van der Waals surface area contributed by atoms with Crippen LogP contribution in [0.1, 0.15) is 10.8 Å². The van der Waals surface area contributed by atoms with Gasteiger partial charge in [-0.1, -0.05) is 18.2 Å². The maximum atomic E-state index is 14.0. The number of carbonyl (C=O) groups excluding carboxylic acids is 1. The average Bonchev–Trinajstić information content (AvgIpc) is 2.66. The molecule has 1 aliphatic heterocycles. The number of halogens is 1. The number of ether oxygens (including phenoxy) is 1. The van der Waals surface area contributed by atoms with Gasteiger partial charge in [0.15, 0.2) is 0 Å². The fourth-order valence-corrected chi connectivity index (χ4v) is 3.53. The van der Waals surface area contributed by atoms with Crippen LogP contribution < -0.4 is 10.1 Å². The van der Waals surface area contributed by atoms with E-state index < -0.39 is 23.1 Å². The summed E-state index contributed by atoms with van der Waals surface area (Å²) in [5, 5.41) is 12.2. The molecule has 0 aromatic heterocycles. The monoisotopic (exact) mass is 319 g/mol. The van der Waals surface area contributed by atoms with Crippen molar-refractivity contribution in [2.45, 2.75) is 16.2 Å². The van der Waals surface area contributed by atoms with Crippen LogP contribution in [-0.2, 0) is 4.79 Å². The van der Waals surface area contributed by atoms with E-state index in [0.29, 0.717) is 16.3 Å². The summed E-state index contributed by atoms with van der Waals surface area (Å²) in [6.07, 6.45) is -1.27. The third-order valence-corrected chi connectivity index (χ3v) is 4.90. The zero-order valence-corrected chi connectivity index (χ0v) is 12.6. The highest BCUT2D eigenvalue weighted by Crippen LogP contribution is 2.45. The molecule has 22 heavy (non-hydrogen) atoms. The molecule has 0 fully saturated rings. The highest BCUT2D eigenvalue weighted by Gasteiger charge is 2.33. The topological polar surface area (TPSA) is 58.6 Å². The summed E-state index contributed by atoms with van der Waals surface area (Å²) >= 11 is 1.13. The van der Waals surface area contributed by atoms with Gasteiger partial charge in [0.2, 0.25) is 0 Å². The van der Waals surface area contributed by atoms with E-state index in [1.807, 2.05) is 0 Å². The van der Waals surface area contributed by atoms with Crippen molar-refractivity contribution in [1.82, 2.24) is 0 Å². The Hall–Kier alpha value is -2.05. The predicted molar refractivity (Wildman–Crippen MR) is 82.6 cm³/mol. The van der Waals surface area contributed by atoms with E-state index in [4.69, 9.17) is 4.74 Å². The number of amides is 1. The summed E-state index contributed by atoms with van der Waals surface area (Å²) in [6, 6.07) is 11.5. The molecule has 2 N–H and O–H groups in total. The number of hydrogen-bond acceptors (Lipinski definition) is 4. The molecule has 0 aliphatic carbocycles. The van der Waals surface area contributed by atoms with Crippen LogP contribution in [0.5, 0.6) is 5.75 Å². The van der Waals surface area contributed by atoms with E-state index in [2.05, 4.69) is 5.32 Å². The Morgan fingerprint density at radius 3 is 2.64 bits per heavy atom. The minimum Gasteiger partial charge on any atom is -0.497 e. The van der Waals surface area contributed by atoms with Crippen molar-refractivity contribution in [3.63, 3.8) is 0 Å². The van der Waals surface area contributed by atoms with Crippen molar-refractivity contribution in [3.05, 3.63) is 53.8 Å². The van der Waals surface area contributed by atoms with Gasteiger partial charge in [0, 0.05) is 0 Å². The van der Waals surface area contributed by atoms with Crippen LogP contribution in [0.3, 0.4) is 0 Å². The fraction of sp³-hybridized carbons (Fsp3) is 0.188. The molecule has 2 atom stereocenters. The van der Waals surface area contributed by atoms with Gasteiger partial charge in [-0.25, -0.2) is 4.39 Å². The molecular weight excluding hydrogens is 305 g/mol. The van der Waals surface area contributed by atoms with Gasteiger partial charge in [-0.3, -0.25) is 4.79 Å². The second-order valence-electron chi connectivity index (χ2n) is 4.86. The molecule has 2 aromatic carbocycles. The largest absolute Gasteiger partial charge is 0.497 e. The molecule has 0 spiro atoms. The maximum absolute atomic E-state index is 14.0. The molecular formula is C16H14FNO3S. The standard InChI is InChI=1S/C16H14FNO3S/c1-21-10-7-5-9(6-8-10)14-13(19)16(20)18-12-4-2-3-11(17)15(12)22-14/h2-8,13-14,19H,1H3,(H,18,20)/t13-,14+/m0/s1. The van der Waals surface area contributed by atoms with Crippen molar-refractivity contribution in [2.24, 2.45) is 0 Å². The van der Waals surface area contributed by atoms with Gasteiger partial charge in [-0.2, -0.15) is 0 Å². The number of methoxy groups -OCH3 is 1. The Kier molecular flexibility index (Phi) is 4.04. The molecule has 114 valence electrons. The number of aliphatic hydroxyl groups excluding tert-OH is 1. The third-order valence-electron chi connectivity index (χ3n) is 3.47. The molecule has 0 saturated heterocycles. The first-order valence-electron chi connectivity index (χ1n) is 6.68. The molecule has 2 aromatic rings. The van der Waals surface area contributed by atoms with Crippen molar-refractivity contribution in [1.29, 1.82) is 0 Å². The lowest BCUT2D eigenvalue weighted by Gasteiger charge is -2.19. The number of thioether (sulfide) groups is 1. The summed E-state index contributed by atoms with van der Waals surface area (Å²) in [4.78, 5) is 12.4. The van der Waals surface area contributed by atoms with Crippen LogP contribution in [0.15, 0.2) is 47.4 Å². The second kappa shape index (κ2) is 5.98. The van der Waals surface area contributed by atoms with E-state index >= 15 is 0 Å². The number of benzene rings is 2. The van der Waals surface area contributed by atoms with Crippen LogP contribution in [0, 0.1) is 5.82 Å². The zero-order chi connectivity index (χ0) is 15.7. The summed E-state index contributed by atoms with van der Waals surface area (Å²) in [6.45, 7) is 0. The molecule has 0 unspecified atom stereocenters. The smallest absolute Gasteiger partial charge is 0.254 e. The number of nitrogens with one attached hydrogen (secondary N) is 1. The first kappa shape index (κ1) is 14.9. The minimum absolute atomic E-state index is 0.327. The Morgan fingerprint density at radius 1 is 1.23 bits per heavy atom. The minimum atomic E-state index is -1.27. The first-order chi connectivity index (χ1) is 10.6. The average molecular weight is 319 g/mol. The van der Waals surface area contributed by atoms with Crippen molar-refractivity contribution >= 4 is 23.4 Å². The number of fused-ring (bicyclic) bond motifs is 1. The number of rotatable bonds is 2. The Bertz CT molecular complexity index is 705. The van der Waals surface area contributed by atoms with Crippen molar-refractivity contribution in [2.75, 3.05) is 12.4 Å². The van der Waals surface area contributed by atoms with E-state index in [1.165, 1.54) is 12.1 Å². The highest BCUT2D eigenvalue weighted by molar-refractivity contribution is 7.99. The van der Waals surface area contributed by atoms with Gasteiger partial charge in [0.1, 0.15) is 17.7 Å². The van der Waals surface area contributed by atoms with E-state index in [-0.39, 0.29) is 0 Å². The van der Waals surface area contributed by atoms with Gasteiger partial charge in [0.25, 0.3) is 5.91 Å². The van der Waals surface area contributed by atoms with E-state index in [1.54, 1.807) is 37.4 Å². The number of aliphatic hydroxyl groups is 1. The van der Waals surface area contributed by atoms with Crippen molar-refractivity contribution in [3.8, 4) is 5.75 Å². The molecule has 1 aliphatic rings. The second-order valence-corrected chi connectivity index (χ2v) is 6.01. The highest BCUT2D eigenvalue weighted by atomic mass is 32.2. The number of hydrogen-bond donors (Lipinski definition) is 2. The van der Waals surface area contributed by atoms with Crippen LogP contribution in [-0.4, -0.2) is 24.2 Å². The van der Waals surface area contributed by atoms with Gasteiger partial charge in [-0.05, 0) is 29.8 Å². The lowest BCUT2D eigenvalue weighted by molar-refractivity contribution is -0.124. The number of carbonyl (C=O) groups is 1. The van der Waals surface area contributed by atoms with Crippen LogP contribution in [0.4, 0.5) is 10.1 Å². The molecule has 1 amide bonds. The fourth-order valence-electron chi connectivity index (χ4n) is 2.31. The Labute approximate surface area is 131 Å². The third kappa shape index (κ3) is 2.67. The first-order valence-corrected chi connectivity index (χ1v) is 7.56. The maximum Gasteiger partial charge on any atom is 0.254 e. The molecule has 1 heterocycles. The summed E-state index contributed by atoms with van der Waals surface area (Å²) in [5.41, 5.74) is 1.11. The molecule has 6 heteroatoms. The lowest BCUT2D eigenvalue weighted by atomic mass is 10.1. The van der Waals surface area contributed by atoms with Gasteiger partial charge in [-0.15, -0.1) is 11.8 Å². The van der Waals surface area contributed by atoms with Gasteiger partial charge < -0.3 is 15.2 Å². The quantitative estimate of drug-likeness (QED) is 0.893. The van der Waals surface area contributed by atoms with Gasteiger partial charge >= 0.3 is 0 Å². The molecule has 0 saturated carbocycles. The SMILES string of the molecule is COc1ccc([C@H]2Sc3c(F)cccc3NC(=O)[C@H]2O)cc1. The summed E-state index contributed by atoms with van der Waals surface area (Å²) in [5.74, 6) is -0.291. The molecule has 3 rings (SSSR count). The molecule has 4 nitrogen and oxygen atoms in total. The van der Waals surface area contributed by atoms with Crippen LogP contribution in [0.2, 0.25) is 0 Å². The molecule has 0 bridgehead atoms. The summed E-state index contributed by atoms with van der Waals surface area (Å²) < 4.78 is 19.1. The lowest BCUT2D eigenvalue weighted by Crippen LogP contribution is -2.30. The van der Waals surface area contributed by atoms with Crippen LogP contribution >= 0.6 is 11.8 Å². The Balaban J connectivity index is 2.02.